The first-order valence-electron chi connectivity index (χ1n) is 13.2. The highest BCUT2D eigenvalue weighted by Crippen LogP contribution is 2.26. The van der Waals surface area contributed by atoms with Gasteiger partial charge in [-0.2, -0.15) is 0 Å². The highest BCUT2D eigenvalue weighted by molar-refractivity contribution is 7.09. The number of nitrogens with one attached hydrogen (secondary N) is 1. The second-order valence-corrected chi connectivity index (χ2v) is 11.3. The van der Waals surface area contributed by atoms with E-state index in [4.69, 9.17) is 4.74 Å². The smallest absolute Gasteiger partial charge is 0.329 e. The van der Waals surface area contributed by atoms with E-state index < -0.39 is 24.2 Å². The summed E-state index contributed by atoms with van der Waals surface area (Å²) in [4.78, 5) is 44.9. The van der Waals surface area contributed by atoms with Gasteiger partial charge in [0.2, 0.25) is 5.91 Å². The normalized spacial score (nSPS) is 29.7. The quantitative estimate of drug-likeness (QED) is 0.411. The molecule has 206 valence electrons. The molecule has 0 saturated carbocycles. The maximum atomic E-state index is 13.3. The second kappa shape index (κ2) is 13.7. The summed E-state index contributed by atoms with van der Waals surface area (Å²) >= 11 is 1.37. The molecule has 38 heavy (non-hydrogen) atoms. The number of aliphatic hydroxyl groups excluding tert-OH is 1. The number of fused-ring (bicyclic) bond motifs is 3. The number of carbonyl (C=O) groups is 3. The van der Waals surface area contributed by atoms with Crippen molar-refractivity contribution in [1.82, 2.24) is 15.2 Å². The van der Waals surface area contributed by atoms with Gasteiger partial charge in [0.25, 0.3) is 5.91 Å². The van der Waals surface area contributed by atoms with Gasteiger partial charge in [0.05, 0.1) is 11.1 Å². The molecule has 1 saturated heterocycles. The van der Waals surface area contributed by atoms with Crippen molar-refractivity contribution in [2.45, 2.75) is 71.6 Å². The average molecular weight is 542 g/mol. The zero-order valence-corrected chi connectivity index (χ0v) is 23.5. The molecule has 8 nitrogen and oxygen atoms in total. The summed E-state index contributed by atoms with van der Waals surface area (Å²) in [6.07, 6.45) is 9.52. The number of hydrogen-bond acceptors (Lipinski definition) is 7. The number of rotatable bonds is 1. The Hall–Kier alpha value is -3.04. The number of ether oxygens (including phenoxy) is 1. The van der Waals surface area contributed by atoms with Crippen molar-refractivity contribution < 1.29 is 24.2 Å². The summed E-state index contributed by atoms with van der Waals surface area (Å²) < 4.78 is 5.93. The van der Waals surface area contributed by atoms with Gasteiger partial charge in [0.1, 0.15) is 17.8 Å². The summed E-state index contributed by atoms with van der Waals surface area (Å²) in [7, 11) is 0. The van der Waals surface area contributed by atoms with E-state index in [1.807, 2.05) is 39.8 Å². The number of cyclic esters (lactones) is 1. The van der Waals surface area contributed by atoms with Gasteiger partial charge in [-0.1, -0.05) is 62.8 Å². The number of amides is 2. The third-order valence-electron chi connectivity index (χ3n) is 6.66. The van der Waals surface area contributed by atoms with Gasteiger partial charge < -0.3 is 20.1 Å². The van der Waals surface area contributed by atoms with Crippen molar-refractivity contribution in [3.8, 4) is 0 Å². The minimum Gasteiger partial charge on any atom is -0.460 e. The van der Waals surface area contributed by atoms with Gasteiger partial charge in [0, 0.05) is 30.8 Å². The zero-order chi connectivity index (χ0) is 27.8. The van der Waals surface area contributed by atoms with Crippen molar-refractivity contribution in [1.29, 1.82) is 0 Å². The van der Waals surface area contributed by atoms with Crippen LogP contribution in [0.1, 0.15) is 62.5 Å². The Balaban J connectivity index is 1.85. The van der Waals surface area contributed by atoms with E-state index in [0.717, 1.165) is 16.2 Å². The summed E-state index contributed by atoms with van der Waals surface area (Å²) in [5.74, 6) is -1.14. The Morgan fingerprint density at radius 1 is 1.26 bits per heavy atom. The number of aliphatic hydroxyl groups is 1. The van der Waals surface area contributed by atoms with E-state index in [0.29, 0.717) is 44.5 Å². The zero-order valence-electron chi connectivity index (χ0n) is 22.7. The minimum absolute atomic E-state index is 0.0175. The van der Waals surface area contributed by atoms with Gasteiger partial charge in [-0.05, 0) is 38.2 Å². The molecule has 4 atom stereocenters. The van der Waals surface area contributed by atoms with Gasteiger partial charge in [-0.25, -0.2) is 9.78 Å². The van der Waals surface area contributed by atoms with Crippen LogP contribution in [0, 0.1) is 11.8 Å². The summed E-state index contributed by atoms with van der Waals surface area (Å²) in [5, 5.41) is 15.7. The fourth-order valence-electron chi connectivity index (χ4n) is 4.77. The van der Waals surface area contributed by atoms with E-state index in [1.165, 1.54) is 17.4 Å². The summed E-state index contributed by atoms with van der Waals surface area (Å²) in [6, 6.07) is -0.665. The molecule has 2 aliphatic rings. The van der Waals surface area contributed by atoms with Crippen LogP contribution in [-0.2, 0) is 20.7 Å². The molecule has 0 radical (unpaired) electrons. The molecule has 0 aliphatic carbocycles. The number of carbonyl (C=O) groups excluding carboxylic acids is 3. The minimum atomic E-state index is -0.709. The standard InChI is InChI=1S/C29H39N3O5S/c1-18(2)27-21(5)10-11-25(34)30-12-6-8-19(3)14-22(33)15-20(4)16-26-31-23(17-38-26)28(35)32-13-7-9-24(32)29(36)37-27/h6,8,10-11,14,17-18,21-22,24,27,33H,4,7,9,12-13,15-16H2,1-3,5H3,(H,30,34)/b8-6+,11-10+,19-14+/t21-,22-,24-,27-/m1/s1. The van der Waals surface area contributed by atoms with Crippen LogP contribution in [0.4, 0.5) is 0 Å². The topological polar surface area (TPSA) is 109 Å². The van der Waals surface area contributed by atoms with Crippen LogP contribution >= 0.6 is 11.3 Å². The second-order valence-electron chi connectivity index (χ2n) is 10.4. The van der Waals surface area contributed by atoms with E-state index in [2.05, 4.69) is 16.9 Å². The number of aromatic nitrogens is 1. The average Bonchev–Trinajstić information content (AvgIpc) is 3.52. The molecule has 0 aromatic carbocycles. The van der Waals surface area contributed by atoms with E-state index in [9.17, 15) is 19.5 Å². The molecule has 2 N–H and O–H groups in total. The van der Waals surface area contributed by atoms with E-state index >= 15 is 0 Å². The molecule has 0 spiro atoms. The molecule has 2 amide bonds. The largest absolute Gasteiger partial charge is 0.460 e. The molecule has 1 fully saturated rings. The Kier molecular flexibility index (Phi) is 10.6. The van der Waals surface area contributed by atoms with E-state index in [-0.39, 0.29) is 23.7 Å². The van der Waals surface area contributed by atoms with Crippen LogP contribution in [-0.4, -0.2) is 64.1 Å². The van der Waals surface area contributed by atoms with Crippen LogP contribution < -0.4 is 5.32 Å². The highest BCUT2D eigenvalue weighted by atomic mass is 32.1. The number of nitrogens with zero attached hydrogens (tertiary/aromatic N) is 2. The van der Waals surface area contributed by atoms with Crippen LogP contribution in [0.3, 0.4) is 0 Å². The van der Waals surface area contributed by atoms with Gasteiger partial charge in [0.15, 0.2) is 0 Å². The number of hydrogen-bond donors (Lipinski definition) is 2. The van der Waals surface area contributed by atoms with Crippen molar-refractivity contribution in [2.24, 2.45) is 11.8 Å². The third-order valence-corrected chi connectivity index (χ3v) is 7.51. The maximum Gasteiger partial charge on any atom is 0.329 e. The molecular weight excluding hydrogens is 502 g/mol. The summed E-state index contributed by atoms with van der Waals surface area (Å²) in [5.41, 5.74) is 1.97. The maximum absolute atomic E-state index is 13.3. The summed E-state index contributed by atoms with van der Waals surface area (Å²) in [6.45, 7) is 12.6. The SMILES string of the molecule is C=C1Cc2nc(cs2)C(=O)N2CCC[C@@H]2C(=O)O[C@H](C(C)C)[C@H](C)/C=C/C(=O)NC/C=C/C(C)=C/[C@@H](O)C1. The Labute approximate surface area is 229 Å². The fraction of sp³-hybridized carbons (Fsp3) is 0.517. The molecule has 9 heteroatoms. The lowest BCUT2D eigenvalue weighted by Gasteiger charge is -2.29. The molecule has 2 aliphatic heterocycles. The predicted molar refractivity (Wildman–Crippen MR) is 149 cm³/mol. The highest BCUT2D eigenvalue weighted by Gasteiger charge is 2.38. The van der Waals surface area contributed by atoms with Crippen molar-refractivity contribution >= 4 is 29.1 Å². The monoisotopic (exact) mass is 541 g/mol. The predicted octanol–water partition coefficient (Wildman–Crippen LogP) is 3.99. The Bertz CT molecular complexity index is 1120. The van der Waals surface area contributed by atoms with Crippen LogP contribution in [0.2, 0.25) is 0 Å². The first-order valence-corrected chi connectivity index (χ1v) is 14.0. The van der Waals surface area contributed by atoms with Crippen LogP contribution in [0.5, 0.6) is 0 Å². The van der Waals surface area contributed by atoms with Crippen LogP contribution in [0.25, 0.3) is 0 Å². The lowest BCUT2D eigenvalue weighted by molar-refractivity contribution is -0.158. The third kappa shape index (κ3) is 8.23. The molecule has 1 aromatic rings. The van der Waals surface area contributed by atoms with Gasteiger partial charge in [-0.3, -0.25) is 9.59 Å². The van der Waals surface area contributed by atoms with Gasteiger partial charge >= 0.3 is 5.97 Å². The molecule has 0 unspecified atom stereocenters. The number of allylic oxidation sites excluding steroid dienone is 2. The Morgan fingerprint density at radius 3 is 2.76 bits per heavy atom. The molecular formula is C29H39N3O5S. The molecule has 2 bridgehead atoms. The Morgan fingerprint density at radius 2 is 2.03 bits per heavy atom. The first-order chi connectivity index (χ1) is 18.0. The lowest BCUT2D eigenvalue weighted by atomic mass is 9.94. The van der Waals surface area contributed by atoms with E-state index in [1.54, 1.807) is 22.4 Å². The van der Waals surface area contributed by atoms with Crippen molar-refractivity contribution in [2.75, 3.05) is 13.1 Å². The molecule has 3 rings (SSSR count). The van der Waals surface area contributed by atoms with Gasteiger partial charge in [-0.15, -0.1) is 11.3 Å². The molecule has 1 aromatic heterocycles. The van der Waals surface area contributed by atoms with Crippen molar-refractivity contribution in [3.63, 3.8) is 0 Å². The fourth-order valence-corrected chi connectivity index (χ4v) is 5.61. The van der Waals surface area contributed by atoms with Crippen molar-refractivity contribution in [3.05, 3.63) is 64.2 Å². The van der Waals surface area contributed by atoms with Crippen LogP contribution in [0.15, 0.2) is 53.5 Å². The number of esters is 1. The lowest BCUT2D eigenvalue weighted by Crippen LogP contribution is -2.44. The molecule has 3 heterocycles. The first kappa shape index (κ1) is 29.5. The number of thiazole rings is 1.